The Morgan fingerprint density at radius 3 is 2.53 bits per heavy atom. The van der Waals surface area contributed by atoms with Gasteiger partial charge in [-0.15, -0.1) is 10.2 Å². The number of hydrogen-bond acceptors (Lipinski definition) is 8. The fraction of sp³-hybridized carbons (Fsp3) is 0.286. The van der Waals surface area contributed by atoms with Crippen molar-refractivity contribution in [2.24, 2.45) is 0 Å². The SMILES string of the molecule is CCOc1ccc(S(=O)(=O)N2CCN(c3ccc(Nc4cccnc4)nn3)CC2)cc1F. The maximum Gasteiger partial charge on any atom is 0.243 e. The highest BCUT2D eigenvalue weighted by atomic mass is 32.2. The Morgan fingerprint density at radius 2 is 1.91 bits per heavy atom. The van der Waals surface area contributed by atoms with E-state index in [0.29, 0.717) is 31.3 Å². The number of aromatic nitrogens is 3. The molecule has 0 spiro atoms. The zero-order valence-electron chi connectivity index (χ0n) is 17.5. The van der Waals surface area contributed by atoms with E-state index >= 15 is 0 Å². The number of anilines is 3. The summed E-state index contributed by atoms with van der Waals surface area (Å²) < 4.78 is 46.5. The van der Waals surface area contributed by atoms with Gasteiger partial charge >= 0.3 is 0 Å². The molecule has 3 heterocycles. The first-order valence-corrected chi connectivity index (χ1v) is 11.6. The molecule has 0 saturated carbocycles. The van der Waals surface area contributed by atoms with Crippen molar-refractivity contribution in [2.75, 3.05) is 43.0 Å². The van der Waals surface area contributed by atoms with E-state index in [4.69, 9.17) is 4.74 Å². The second-order valence-electron chi connectivity index (χ2n) is 7.06. The number of halogens is 1. The molecule has 0 amide bonds. The average Bonchev–Trinajstić information content (AvgIpc) is 2.82. The summed E-state index contributed by atoms with van der Waals surface area (Å²) in [5.41, 5.74) is 0.805. The highest BCUT2D eigenvalue weighted by Crippen LogP contribution is 2.25. The second-order valence-corrected chi connectivity index (χ2v) is 9.00. The third kappa shape index (κ3) is 4.78. The summed E-state index contributed by atoms with van der Waals surface area (Å²) in [6, 6.07) is 11.1. The molecule has 4 rings (SSSR count). The predicted octanol–water partition coefficient (Wildman–Crippen LogP) is 2.66. The Balaban J connectivity index is 1.38. The van der Waals surface area contributed by atoms with Gasteiger partial charge in [0.15, 0.2) is 23.2 Å². The van der Waals surface area contributed by atoms with Gasteiger partial charge in [-0.3, -0.25) is 4.98 Å². The highest BCUT2D eigenvalue weighted by Gasteiger charge is 2.29. The molecule has 9 nitrogen and oxygen atoms in total. The van der Waals surface area contributed by atoms with Crippen molar-refractivity contribution >= 4 is 27.3 Å². The number of benzene rings is 1. The molecule has 32 heavy (non-hydrogen) atoms. The molecule has 1 saturated heterocycles. The monoisotopic (exact) mass is 458 g/mol. The molecule has 11 heteroatoms. The van der Waals surface area contributed by atoms with Crippen molar-refractivity contribution in [1.29, 1.82) is 0 Å². The van der Waals surface area contributed by atoms with Crippen molar-refractivity contribution in [1.82, 2.24) is 19.5 Å². The lowest BCUT2D eigenvalue weighted by molar-refractivity contribution is 0.321. The summed E-state index contributed by atoms with van der Waals surface area (Å²) >= 11 is 0. The van der Waals surface area contributed by atoms with Gasteiger partial charge in [-0.05, 0) is 49.4 Å². The van der Waals surface area contributed by atoms with Crippen LogP contribution in [0.1, 0.15) is 6.92 Å². The molecule has 0 radical (unpaired) electrons. The Labute approximate surface area is 185 Å². The van der Waals surface area contributed by atoms with Gasteiger partial charge in [0.05, 0.1) is 23.4 Å². The van der Waals surface area contributed by atoms with Gasteiger partial charge in [0.2, 0.25) is 10.0 Å². The lowest BCUT2D eigenvalue weighted by atomic mass is 10.3. The average molecular weight is 459 g/mol. The van der Waals surface area contributed by atoms with Gasteiger partial charge < -0.3 is 15.0 Å². The molecular formula is C21H23FN6O3S. The molecule has 2 aromatic heterocycles. The number of hydrogen-bond donors (Lipinski definition) is 1. The zero-order chi connectivity index (χ0) is 22.6. The number of piperazine rings is 1. The Bertz CT molecular complexity index is 1150. The van der Waals surface area contributed by atoms with Crippen LogP contribution in [0.3, 0.4) is 0 Å². The molecule has 168 valence electrons. The van der Waals surface area contributed by atoms with Crippen LogP contribution in [0.15, 0.2) is 59.8 Å². The van der Waals surface area contributed by atoms with Crippen molar-refractivity contribution in [3.63, 3.8) is 0 Å². The van der Waals surface area contributed by atoms with E-state index in [0.717, 1.165) is 11.8 Å². The van der Waals surface area contributed by atoms with Crippen LogP contribution in [-0.4, -0.2) is 60.7 Å². The molecule has 1 aliphatic rings. The quantitative estimate of drug-likeness (QED) is 0.577. The minimum atomic E-state index is -3.80. The lowest BCUT2D eigenvalue weighted by Gasteiger charge is -2.34. The van der Waals surface area contributed by atoms with E-state index in [1.807, 2.05) is 23.1 Å². The molecule has 0 aliphatic carbocycles. The van der Waals surface area contributed by atoms with Crippen LogP contribution in [-0.2, 0) is 10.0 Å². The van der Waals surface area contributed by atoms with Crippen LogP contribution in [0.5, 0.6) is 5.75 Å². The number of nitrogens with one attached hydrogen (secondary N) is 1. The van der Waals surface area contributed by atoms with Gasteiger partial charge in [-0.1, -0.05) is 0 Å². The Kier molecular flexibility index (Phi) is 6.47. The smallest absolute Gasteiger partial charge is 0.243 e. The summed E-state index contributed by atoms with van der Waals surface area (Å²) in [5.74, 6) is 0.588. The van der Waals surface area contributed by atoms with Gasteiger partial charge in [0, 0.05) is 32.4 Å². The summed E-state index contributed by atoms with van der Waals surface area (Å²) in [6.07, 6.45) is 3.37. The first kappa shape index (κ1) is 21.9. The molecular weight excluding hydrogens is 435 g/mol. The number of ether oxygens (including phenoxy) is 1. The molecule has 1 aromatic carbocycles. The summed E-state index contributed by atoms with van der Waals surface area (Å²) in [5, 5.41) is 11.5. The van der Waals surface area contributed by atoms with Gasteiger partial charge in [0.1, 0.15) is 0 Å². The maximum atomic E-state index is 14.1. The standard InChI is InChI=1S/C21H23FN6O3S/c1-2-31-19-6-5-17(14-18(19)22)32(29,30)28-12-10-27(11-13-28)21-8-7-20(25-26-21)24-16-4-3-9-23-15-16/h3-9,14-15H,2,10-13H2,1H3,(H,24,25). The predicted molar refractivity (Wildman–Crippen MR) is 118 cm³/mol. The normalized spacial score (nSPS) is 14.9. The first-order chi connectivity index (χ1) is 15.5. The summed E-state index contributed by atoms with van der Waals surface area (Å²) in [4.78, 5) is 5.92. The Morgan fingerprint density at radius 1 is 1.09 bits per heavy atom. The van der Waals surface area contributed by atoms with Crippen LogP contribution in [0.25, 0.3) is 0 Å². The van der Waals surface area contributed by atoms with E-state index in [1.54, 1.807) is 25.4 Å². The molecule has 1 N–H and O–H groups in total. The van der Waals surface area contributed by atoms with Crippen LogP contribution < -0.4 is 15.0 Å². The van der Waals surface area contributed by atoms with Crippen molar-refractivity contribution in [3.8, 4) is 5.75 Å². The number of sulfonamides is 1. The van der Waals surface area contributed by atoms with E-state index in [2.05, 4.69) is 20.5 Å². The fourth-order valence-electron chi connectivity index (χ4n) is 3.37. The zero-order valence-corrected chi connectivity index (χ0v) is 18.3. The molecule has 1 aliphatic heterocycles. The number of nitrogens with zero attached hydrogens (tertiary/aromatic N) is 5. The van der Waals surface area contributed by atoms with Crippen molar-refractivity contribution < 1.29 is 17.5 Å². The third-order valence-electron chi connectivity index (χ3n) is 4.99. The van der Waals surface area contributed by atoms with Crippen LogP contribution in [0.2, 0.25) is 0 Å². The summed E-state index contributed by atoms with van der Waals surface area (Å²) in [6.45, 7) is 3.45. The molecule has 0 bridgehead atoms. The largest absolute Gasteiger partial charge is 0.491 e. The molecule has 3 aromatic rings. The van der Waals surface area contributed by atoms with Crippen molar-refractivity contribution in [3.05, 3.63) is 60.7 Å². The van der Waals surface area contributed by atoms with E-state index in [9.17, 15) is 12.8 Å². The van der Waals surface area contributed by atoms with E-state index < -0.39 is 15.8 Å². The highest BCUT2D eigenvalue weighted by molar-refractivity contribution is 7.89. The van der Waals surface area contributed by atoms with Crippen molar-refractivity contribution in [2.45, 2.75) is 11.8 Å². The van der Waals surface area contributed by atoms with Gasteiger partial charge in [-0.2, -0.15) is 4.31 Å². The molecule has 0 unspecified atom stereocenters. The maximum absolute atomic E-state index is 14.1. The van der Waals surface area contributed by atoms with Crippen LogP contribution in [0, 0.1) is 5.82 Å². The topological polar surface area (TPSA) is 101 Å². The van der Waals surface area contributed by atoms with Crippen LogP contribution >= 0.6 is 0 Å². The van der Waals surface area contributed by atoms with Gasteiger partial charge in [0.25, 0.3) is 0 Å². The number of pyridine rings is 1. The second kappa shape index (κ2) is 9.45. The molecule has 1 fully saturated rings. The minimum absolute atomic E-state index is 0.0382. The Hall–Kier alpha value is -3.31. The minimum Gasteiger partial charge on any atom is -0.491 e. The lowest BCUT2D eigenvalue weighted by Crippen LogP contribution is -2.49. The van der Waals surface area contributed by atoms with E-state index in [-0.39, 0.29) is 23.7 Å². The third-order valence-corrected chi connectivity index (χ3v) is 6.88. The summed E-state index contributed by atoms with van der Waals surface area (Å²) in [7, 11) is -3.80. The fourth-order valence-corrected chi connectivity index (χ4v) is 4.80. The molecule has 0 atom stereocenters. The number of rotatable bonds is 7. The van der Waals surface area contributed by atoms with Gasteiger partial charge in [-0.25, -0.2) is 12.8 Å². The first-order valence-electron chi connectivity index (χ1n) is 10.2. The van der Waals surface area contributed by atoms with E-state index in [1.165, 1.54) is 16.4 Å². The van der Waals surface area contributed by atoms with Crippen LogP contribution in [0.4, 0.5) is 21.7 Å².